The zero-order valence-corrected chi connectivity index (χ0v) is 8.66. The lowest BCUT2D eigenvalue weighted by molar-refractivity contribution is -0.141. The van der Waals surface area contributed by atoms with Crippen LogP contribution in [0.2, 0.25) is 0 Å². The van der Waals surface area contributed by atoms with E-state index >= 15 is 0 Å². The van der Waals surface area contributed by atoms with E-state index in [0.717, 1.165) is 19.5 Å². The van der Waals surface area contributed by atoms with Crippen molar-refractivity contribution >= 4 is 5.91 Å². The number of amides is 1. The zero-order chi connectivity index (χ0) is 10.0. The molecule has 76 valence electrons. The first-order valence-corrected chi connectivity index (χ1v) is 4.99. The van der Waals surface area contributed by atoms with Crippen LogP contribution in [-0.2, 0) is 4.79 Å². The molecule has 13 heavy (non-hydrogen) atoms. The van der Waals surface area contributed by atoms with Crippen molar-refractivity contribution in [2.45, 2.75) is 33.3 Å². The molecular formula is C10H19NO2. The van der Waals surface area contributed by atoms with Gasteiger partial charge in [-0.15, -0.1) is 0 Å². The molecule has 0 aromatic rings. The summed E-state index contributed by atoms with van der Waals surface area (Å²) < 4.78 is 0. The number of carbonyl (C=O) groups is 1. The van der Waals surface area contributed by atoms with Gasteiger partial charge in [-0.3, -0.25) is 4.79 Å². The molecule has 0 aromatic heterocycles. The van der Waals surface area contributed by atoms with Gasteiger partial charge >= 0.3 is 0 Å². The standard InChI is InChI=1S/C10H19NO2/c1-7-4-5-11(6-8(7)2)10(13)9(3)12/h7-9,12H,4-6H2,1-3H3/t7?,8?,9-/m0/s1. The van der Waals surface area contributed by atoms with Crippen LogP contribution in [0.25, 0.3) is 0 Å². The molecule has 1 rings (SSSR count). The number of rotatable bonds is 1. The highest BCUT2D eigenvalue weighted by Gasteiger charge is 2.27. The van der Waals surface area contributed by atoms with E-state index in [1.165, 1.54) is 6.92 Å². The molecule has 1 aliphatic rings. The fraction of sp³-hybridized carbons (Fsp3) is 0.900. The molecule has 1 saturated heterocycles. The number of carbonyl (C=O) groups excluding carboxylic acids is 1. The van der Waals surface area contributed by atoms with Crippen LogP contribution in [-0.4, -0.2) is 35.1 Å². The fourth-order valence-corrected chi connectivity index (χ4v) is 1.73. The van der Waals surface area contributed by atoms with E-state index in [2.05, 4.69) is 13.8 Å². The van der Waals surface area contributed by atoms with Crippen molar-refractivity contribution in [1.29, 1.82) is 0 Å². The van der Waals surface area contributed by atoms with E-state index in [1.54, 1.807) is 4.90 Å². The smallest absolute Gasteiger partial charge is 0.251 e. The van der Waals surface area contributed by atoms with E-state index < -0.39 is 6.10 Å². The summed E-state index contributed by atoms with van der Waals surface area (Å²) in [6, 6.07) is 0. The molecule has 0 aliphatic carbocycles. The average Bonchev–Trinajstić information content (AvgIpc) is 2.08. The summed E-state index contributed by atoms with van der Waals surface area (Å²) >= 11 is 0. The summed E-state index contributed by atoms with van der Waals surface area (Å²) in [6.07, 6.45) is 0.209. The van der Waals surface area contributed by atoms with Crippen LogP contribution >= 0.6 is 0 Å². The van der Waals surface area contributed by atoms with Crippen molar-refractivity contribution in [2.24, 2.45) is 11.8 Å². The third-order valence-electron chi connectivity index (χ3n) is 3.00. The maximum Gasteiger partial charge on any atom is 0.251 e. The average molecular weight is 185 g/mol. The van der Waals surface area contributed by atoms with Crippen molar-refractivity contribution < 1.29 is 9.90 Å². The summed E-state index contributed by atoms with van der Waals surface area (Å²) in [5, 5.41) is 9.13. The van der Waals surface area contributed by atoms with Gasteiger partial charge in [0, 0.05) is 13.1 Å². The van der Waals surface area contributed by atoms with E-state index in [1.807, 2.05) is 0 Å². The lowest BCUT2D eigenvalue weighted by atomic mass is 9.88. The lowest BCUT2D eigenvalue weighted by Crippen LogP contribution is -2.45. The Bertz CT molecular complexity index is 191. The van der Waals surface area contributed by atoms with Gasteiger partial charge in [-0.05, 0) is 25.2 Å². The Balaban J connectivity index is 2.50. The Morgan fingerprint density at radius 1 is 1.46 bits per heavy atom. The van der Waals surface area contributed by atoms with Gasteiger partial charge in [0.1, 0.15) is 6.10 Å². The van der Waals surface area contributed by atoms with Gasteiger partial charge in [0.15, 0.2) is 0 Å². The van der Waals surface area contributed by atoms with E-state index in [4.69, 9.17) is 5.11 Å². The second-order valence-electron chi connectivity index (χ2n) is 4.20. The number of hydrogen-bond acceptors (Lipinski definition) is 2. The van der Waals surface area contributed by atoms with Crippen LogP contribution in [0, 0.1) is 11.8 Å². The van der Waals surface area contributed by atoms with E-state index in [-0.39, 0.29) is 5.91 Å². The summed E-state index contributed by atoms with van der Waals surface area (Å²) in [6.45, 7) is 7.51. The van der Waals surface area contributed by atoms with Crippen LogP contribution in [0.15, 0.2) is 0 Å². The molecule has 3 nitrogen and oxygen atoms in total. The highest BCUT2D eigenvalue weighted by Crippen LogP contribution is 2.22. The molecule has 1 aliphatic heterocycles. The Labute approximate surface area is 79.7 Å². The molecule has 0 bridgehead atoms. The van der Waals surface area contributed by atoms with Crippen molar-refractivity contribution in [3.63, 3.8) is 0 Å². The Kier molecular flexibility index (Phi) is 3.31. The minimum absolute atomic E-state index is 0.126. The van der Waals surface area contributed by atoms with Crippen LogP contribution in [0.4, 0.5) is 0 Å². The highest BCUT2D eigenvalue weighted by molar-refractivity contribution is 5.80. The van der Waals surface area contributed by atoms with Gasteiger partial charge in [0.05, 0.1) is 0 Å². The van der Waals surface area contributed by atoms with Gasteiger partial charge < -0.3 is 10.0 Å². The Morgan fingerprint density at radius 3 is 2.54 bits per heavy atom. The third-order valence-corrected chi connectivity index (χ3v) is 3.00. The SMILES string of the molecule is CC1CCN(C(=O)[C@H](C)O)CC1C. The van der Waals surface area contributed by atoms with E-state index in [0.29, 0.717) is 11.8 Å². The molecule has 2 unspecified atom stereocenters. The number of piperidine rings is 1. The quantitative estimate of drug-likeness (QED) is 0.658. The molecule has 1 N–H and O–H groups in total. The second kappa shape index (κ2) is 4.09. The highest BCUT2D eigenvalue weighted by atomic mass is 16.3. The lowest BCUT2D eigenvalue weighted by Gasteiger charge is -2.35. The largest absolute Gasteiger partial charge is 0.384 e. The molecule has 0 aromatic carbocycles. The first kappa shape index (κ1) is 10.5. The molecule has 0 saturated carbocycles. The predicted molar refractivity (Wildman–Crippen MR) is 51.2 cm³/mol. The Morgan fingerprint density at radius 2 is 2.08 bits per heavy atom. The van der Waals surface area contributed by atoms with E-state index in [9.17, 15) is 4.79 Å². The zero-order valence-electron chi connectivity index (χ0n) is 8.66. The van der Waals surface area contributed by atoms with Crippen LogP contribution in [0.1, 0.15) is 27.2 Å². The number of likely N-dealkylation sites (tertiary alicyclic amines) is 1. The normalized spacial score (nSPS) is 31.5. The van der Waals surface area contributed by atoms with Crippen LogP contribution < -0.4 is 0 Å². The maximum atomic E-state index is 11.4. The minimum Gasteiger partial charge on any atom is -0.384 e. The van der Waals surface area contributed by atoms with Crippen molar-refractivity contribution in [2.75, 3.05) is 13.1 Å². The number of aliphatic hydroxyl groups is 1. The van der Waals surface area contributed by atoms with Crippen molar-refractivity contribution in [3.8, 4) is 0 Å². The number of nitrogens with zero attached hydrogens (tertiary/aromatic N) is 1. The topological polar surface area (TPSA) is 40.5 Å². The molecule has 1 amide bonds. The fourth-order valence-electron chi connectivity index (χ4n) is 1.73. The summed E-state index contributed by atoms with van der Waals surface area (Å²) in [4.78, 5) is 13.2. The molecular weight excluding hydrogens is 166 g/mol. The van der Waals surface area contributed by atoms with Crippen LogP contribution in [0.3, 0.4) is 0 Å². The van der Waals surface area contributed by atoms with Gasteiger partial charge in [-0.25, -0.2) is 0 Å². The molecule has 3 atom stereocenters. The van der Waals surface area contributed by atoms with Crippen LogP contribution in [0.5, 0.6) is 0 Å². The summed E-state index contributed by atoms with van der Waals surface area (Å²) in [7, 11) is 0. The van der Waals surface area contributed by atoms with Gasteiger partial charge in [0.25, 0.3) is 5.91 Å². The molecule has 1 fully saturated rings. The third kappa shape index (κ3) is 2.44. The van der Waals surface area contributed by atoms with Crippen molar-refractivity contribution in [1.82, 2.24) is 4.90 Å². The maximum absolute atomic E-state index is 11.4. The monoisotopic (exact) mass is 185 g/mol. The molecule has 0 spiro atoms. The summed E-state index contributed by atoms with van der Waals surface area (Å²) in [5.41, 5.74) is 0. The van der Waals surface area contributed by atoms with Gasteiger partial charge in [0.2, 0.25) is 0 Å². The summed E-state index contributed by atoms with van der Waals surface area (Å²) in [5.74, 6) is 1.12. The predicted octanol–water partition coefficient (Wildman–Crippen LogP) is 0.872. The molecule has 1 heterocycles. The minimum atomic E-state index is -0.847. The number of hydrogen-bond donors (Lipinski definition) is 1. The molecule has 3 heteroatoms. The first-order chi connectivity index (χ1) is 6.02. The Hall–Kier alpha value is -0.570. The van der Waals surface area contributed by atoms with Crippen molar-refractivity contribution in [3.05, 3.63) is 0 Å². The molecule has 0 radical (unpaired) electrons. The first-order valence-electron chi connectivity index (χ1n) is 4.99. The number of aliphatic hydroxyl groups excluding tert-OH is 1. The van der Waals surface area contributed by atoms with Gasteiger partial charge in [-0.2, -0.15) is 0 Å². The van der Waals surface area contributed by atoms with Gasteiger partial charge in [-0.1, -0.05) is 13.8 Å². The second-order valence-corrected chi connectivity index (χ2v) is 4.20.